The molecule has 0 bridgehead atoms. The summed E-state index contributed by atoms with van der Waals surface area (Å²) in [5.74, 6) is 0.567. The molecule has 1 amide bonds. The molecule has 0 saturated carbocycles. The van der Waals surface area contributed by atoms with Crippen LogP contribution in [0.25, 0.3) is 0 Å². The minimum absolute atomic E-state index is 0.198. The Morgan fingerprint density at radius 3 is 2.51 bits per heavy atom. The van der Waals surface area contributed by atoms with Crippen molar-refractivity contribution in [3.05, 3.63) is 115 Å². The van der Waals surface area contributed by atoms with E-state index in [1.807, 2.05) is 43.3 Å². The summed E-state index contributed by atoms with van der Waals surface area (Å²) in [4.78, 5) is 23.0. The molecule has 0 spiro atoms. The van der Waals surface area contributed by atoms with Gasteiger partial charge in [0.2, 0.25) is 0 Å². The second-order valence-corrected chi connectivity index (χ2v) is 9.35. The van der Waals surface area contributed by atoms with Crippen LogP contribution in [0.2, 0.25) is 0 Å². The van der Waals surface area contributed by atoms with Crippen LogP contribution >= 0.6 is 15.9 Å². The first-order valence-electron chi connectivity index (χ1n) is 12.1. The van der Waals surface area contributed by atoms with Crippen LogP contribution in [0.5, 0.6) is 11.5 Å². The lowest BCUT2D eigenvalue weighted by Crippen LogP contribution is -2.17. The van der Waals surface area contributed by atoms with Gasteiger partial charge in [-0.05, 0) is 75.7 Å². The molecule has 0 saturated heterocycles. The molecule has 200 valence electrons. The molecular weight excluding hydrogens is 566 g/mol. The number of rotatable bonds is 11. The minimum Gasteiger partial charge on any atom is -0.490 e. The SMILES string of the molecule is CCOc1cc(/C=N/NC(=O)c2ccc(Cn3nc([N+](=O)[O-])cc3C)cc2)cc(Br)c1OCc1ccccc1. The number of aryl methyl sites for hydroxylation is 1. The number of carbonyl (C=O) groups excluding carboxylic acids is 1. The van der Waals surface area contributed by atoms with Crippen molar-refractivity contribution in [3.8, 4) is 11.5 Å². The molecule has 1 heterocycles. The van der Waals surface area contributed by atoms with Gasteiger partial charge in [0, 0.05) is 5.56 Å². The fourth-order valence-corrected chi connectivity index (χ4v) is 4.28. The number of benzene rings is 3. The summed E-state index contributed by atoms with van der Waals surface area (Å²) in [6.07, 6.45) is 1.52. The normalized spacial score (nSPS) is 10.9. The van der Waals surface area contributed by atoms with Crippen molar-refractivity contribution in [1.82, 2.24) is 15.2 Å². The summed E-state index contributed by atoms with van der Waals surface area (Å²) < 4.78 is 14.0. The summed E-state index contributed by atoms with van der Waals surface area (Å²) in [7, 11) is 0. The van der Waals surface area contributed by atoms with Crippen LogP contribution in [0.1, 0.15) is 39.7 Å². The quantitative estimate of drug-likeness (QED) is 0.137. The smallest absolute Gasteiger partial charge is 0.390 e. The Kier molecular flexibility index (Phi) is 9.06. The molecule has 0 radical (unpaired) electrons. The number of carbonyl (C=O) groups is 1. The number of hydrogen-bond acceptors (Lipinski definition) is 7. The number of hydrazone groups is 1. The van der Waals surface area contributed by atoms with Gasteiger partial charge in [0.25, 0.3) is 5.91 Å². The third-order valence-electron chi connectivity index (χ3n) is 5.64. The number of aromatic nitrogens is 2. The van der Waals surface area contributed by atoms with Gasteiger partial charge in [-0.15, -0.1) is 0 Å². The second-order valence-electron chi connectivity index (χ2n) is 8.49. The zero-order chi connectivity index (χ0) is 27.8. The highest BCUT2D eigenvalue weighted by Gasteiger charge is 2.16. The fraction of sp³-hybridized carbons (Fsp3) is 0.179. The molecule has 39 heavy (non-hydrogen) atoms. The largest absolute Gasteiger partial charge is 0.490 e. The van der Waals surface area contributed by atoms with Crippen LogP contribution in [0.4, 0.5) is 5.82 Å². The van der Waals surface area contributed by atoms with Crippen LogP contribution < -0.4 is 14.9 Å². The Morgan fingerprint density at radius 1 is 1.10 bits per heavy atom. The number of halogens is 1. The monoisotopic (exact) mass is 591 g/mol. The molecular formula is C28H26BrN5O5. The van der Waals surface area contributed by atoms with Crippen molar-refractivity contribution in [2.45, 2.75) is 27.0 Å². The highest BCUT2D eigenvalue weighted by Crippen LogP contribution is 2.37. The molecule has 3 aromatic carbocycles. The van der Waals surface area contributed by atoms with E-state index < -0.39 is 4.92 Å². The molecule has 0 unspecified atom stereocenters. The van der Waals surface area contributed by atoms with E-state index in [0.717, 1.165) is 11.1 Å². The number of nitrogens with one attached hydrogen (secondary N) is 1. The third-order valence-corrected chi connectivity index (χ3v) is 6.23. The van der Waals surface area contributed by atoms with Gasteiger partial charge >= 0.3 is 5.82 Å². The highest BCUT2D eigenvalue weighted by molar-refractivity contribution is 9.10. The van der Waals surface area contributed by atoms with Gasteiger partial charge in [-0.25, -0.2) is 5.43 Å². The van der Waals surface area contributed by atoms with E-state index in [4.69, 9.17) is 9.47 Å². The molecule has 1 N–H and O–H groups in total. The summed E-state index contributed by atoms with van der Waals surface area (Å²) in [5.41, 5.74) is 6.20. The summed E-state index contributed by atoms with van der Waals surface area (Å²) >= 11 is 3.55. The van der Waals surface area contributed by atoms with Crippen molar-refractivity contribution >= 4 is 33.9 Å². The average Bonchev–Trinajstić information content (AvgIpc) is 3.29. The van der Waals surface area contributed by atoms with Gasteiger partial charge in [-0.3, -0.25) is 4.79 Å². The standard InChI is InChI=1S/C28H26BrN5O5/c1-3-38-25-15-22(14-24(29)27(25)39-18-21-7-5-4-6-8-21)16-30-31-28(35)23-11-9-20(10-12-23)17-33-19(2)13-26(32-33)34(36)37/h4-16H,3,17-18H2,1-2H3,(H,31,35)/b30-16+. The number of amides is 1. The maximum Gasteiger partial charge on any atom is 0.390 e. The number of nitrogens with zero attached hydrogens (tertiary/aromatic N) is 4. The molecule has 0 aliphatic heterocycles. The Morgan fingerprint density at radius 2 is 1.85 bits per heavy atom. The van der Waals surface area contributed by atoms with Gasteiger partial charge in [0.15, 0.2) is 11.5 Å². The van der Waals surface area contributed by atoms with Gasteiger partial charge in [-0.1, -0.05) is 42.5 Å². The van der Waals surface area contributed by atoms with Crippen LogP contribution in [0.15, 0.2) is 82.4 Å². The van der Waals surface area contributed by atoms with Gasteiger partial charge in [0.1, 0.15) is 6.61 Å². The predicted molar refractivity (Wildman–Crippen MR) is 150 cm³/mol. The molecule has 4 rings (SSSR count). The molecule has 4 aromatic rings. The molecule has 11 heteroatoms. The van der Waals surface area contributed by atoms with Gasteiger partial charge in [-0.2, -0.15) is 9.78 Å². The Balaban J connectivity index is 1.38. The van der Waals surface area contributed by atoms with Gasteiger partial charge in [0.05, 0.1) is 40.7 Å². The van der Waals surface area contributed by atoms with Crippen LogP contribution in [-0.4, -0.2) is 33.4 Å². The average molecular weight is 592 g/mol. The topological polar surface area (TPSA) is 121 Å². The number of ether oxygens (including phenoxy) is 2. The maximum absolute atomic E-state index is 12.6. The summed E-state index contributed by atoms with van der Waals surface area (Å²) in [6.45, 7) is 4.84. The first-order valence-corrected chi connectivity index (χ1v) is 12.9. The first-order chi connectivity index (χ1) is 18.8. The number of hydrogen-bond donors (Lipinski definition) is 1. The van der Waals surface area contributed by atoms with Crippen molar-refractivity contribution in [2.24, 2.45) is 5.10 Å². The van der Waals surface area contributed by atoms with Crippen molar-refractivity contribution in [3.63, 3.8) is 0 Å². The van der Waals surface area contributed by atoms with Crippen LogP contribution in [0, 0.1) is 17.0 Å². The van der Waals surface area contributed by atoms with Crippen molar-refractivity contribution in [2.75, 3.05) is 6.61 Å². The Bertz CT molecular complexity index is 1490. The van der Waals surface area contributed by atoms with Crippen LogP contribution in [0.3, 0.4) is 0 Å². The van der Waals surface area contributed by atoms with E-state index in [-0.39, 0.29) is 11.7 Å². The molecule has 0 aliphatic carbocycles. The zero-order valence-electron chi connectivity index (χ0n) is 21.3. The van der Waals surface area contributed by atoms with Crippen molar-refractivity contribution in [1.29, 1.82) is 0 Å². The van der Waals surface area contributed by atoms with Crippen molar-refractivity contribution < 1.29 is 19.2 Å². The highest BCUT2D eigenvalue weighted by atomic mass is 79.9. The van der Waals surface area contributed by atoms with E-state index in [1.165, 1.54) is 12.3 Å². The fourth-order valence-electron chi connectivity index (χ4n) is 3.70. The molecule has 0 aliphatic rings. The Hall–Kier alpha value is -4.51. The Labute approximate surface area is 233 Å². The lowest BCUT2D eigenvalue weighted by Gasteiger charge is -2.14. The lowest BCUT2D eigenvalue weighted by molar-refractivity contribution is -0.389. The van der Waals surface area contributed by atoms with Gasteiger partial charge < -0.3 is 19.6 Å². The first kappa shape index (κ1) is 27.5. The summed E-state index contributed by atoms with van der Waals surface area (Å²) in [6, 6.07) is 21.7. The second kappa shape index (κ2) is 12.8. The lowest BCUT2D eigenvalue weighted by atomic mass is 10.1. The summed E-state index contributed by atoms with van der Waals surface area (Å²) in [5, 5.41) is 19.0. The predicted octanol–water partition coefficient (Wildman–Crippen LogP) is 5.65. The molecule has 0 atom stereocenters. The third kappa shape index (κ3) is 7.29. The minimum atomic E-state index is -0.526. The molecule has 10 nitrogen and oxygen atoms in total. The van der Waals surface area contributed by atoms with E-state index in [2.05, 4.69) is 31.6 Å². The van der Waals surface area contributed by atoms with E-state index in [1.54, 1.807) is 41.9 Å². The number of nitro groups is 1. The van der Waals surface area contributed by atoms with Crippen LogP contribution in [-0.2, 0) is 13.2 Å². The molecule has 1 aromatic heterocycles. The molecule has 0 fully saturated rings. The van der Waals surface area contributed by atoms with E-state index >= 15 is 0 Å². The van der Waals surface area contributed by atoms with E-state index in [0.29, 0.717) is 52.6 Å². The van der Waals surface area contributed by atoms with E-state index in [9.17, 15) is 14.9 Å². The zero-order valence-corrected chi connectivity index (χ0v) is 22.9. The maximum atomic E-state index is 12.6.